The van der Waals surface area contributed by atoms with E-state index < -0.39 is 39.1 Å². The first kappa shape index (κ1) is 14.7. The largest absolute Gasteiger partial charge is 0.476 e. The number of β-lactam (4-membered cyclic amide) rings is 1. The molecule has 11 heteroatoms. The lowest BCUT2D eigenvalue weighted by Gasteiger charge is -2.48. The van der Waals surface area contributed by atoms with E-state index >= 15 is 0 Å². The number of fused-ring (bicyclic) bond motifs is 1. The smallest absolute Gasteiger partial charge is 0.356 e. The van der Waals surface area contributed by atoms with Crippen molar-refractivity contribution in [3.8, 4) is 0 Å². The molecule has 110 valence electrons. The third-order valence-corrected chi connectivity index (χ3v) is 4.39. The summed E-state index contributed by atoms with van der Waals surface area (Å²) in [4.78, 5) is 34.3. The number of aliphatic carboxylic acids is 1. The van der Waals surface area contributed by atoms with Crippen LogP contribution in [0.3, 0.4) is 0 Å². The van der Waals surface area contributed by atoms with Gasteiger partial charge in [-0.2, -0.15) is 8.42 Å². The molecule has 2 aliphatic heterocycles. The lowest BCUT2D eigenvalue weighted by Crippen LogP contribution is -2.69. The maximum absolute atomic E-state index is 11.8. The fourth-order valence-corrected chi connectivity index (χ4v) is 3.77. The first-order valence-corrected chi connectivity index (χ1v) is 8.13. The van der Waals surface area contributed by atoms with Crippen LogP contribution >= 0.6 is 11.8 Å². The van der Waals surface area contributed by atoms with Gasteiger partial charge in [0.1, 0.15) is 11.4 Å². The van der Waals surface area contributed by atoms with Crippen molar-refractivity contribution in [3.05, 3.63) is 11.5 Å². The molecule has 0 bridgehead atoms. The van der Waals surface area contributed by atoms with Crippen molar-refractivity contribution in [2.45, 2.75) is 11.4 Å². The molecule has 2 amide bonds. The number of hydrogen-bond donors (Lipinski definition) is 2. The molecule has 2 heterocycles. The average molecular weight is 322 g/mol. The Morgan fingerprint density at radius 2 is 2.25 bits per heavy atom. The van der Waals surface area contributed by atoms with Crippen LogP contribution in [0.5, 0.6) is 0 Å². The van der Waals surface area contributed by atoms with Gasteiger partial charge in [0, 0.05) is 0 Å². The first-order valence-electron chi connectivity index (χ1n) is 5.26. The van der Waals surface area contributed by atoms with Gasteiger partial charge in [-0.1, -0.05) is 0 Å². The molecule has 2 aliphatic rings. The number of hydrogen-bond acceptors (Lipinski definition) is 7. The Morgan fingerprint density at radius 1 is 1.60 bits per heavy atom. The van der Waals surface area contributed by atoms with E-state index in [1.807, 2.05) is 0 Å². The molecule has 0 radical (unpaired) electrons. The molecule has 0 aromatic carbocycles. The third-order valence-electron chi connectivity index (χ3n) is 2.64. The van der Waals surface area contributed by atoms with E-state index in [-0.39, 0.29) is 11.5 Å². The summed E-state index contributed by atoms with van der Waals surface area (Å²) in [6, 6.07) is -0.813. The molecule has 2 N–H and O–H groups in total. The Kier molecular flexibility index (Phi) is 3.65. The second-order valence-corrected chi connectivity index (χ2v) is 6.72. The molecule has 9 nitrogen and oxygen atoms in total. The van der Waals surface area contributed by atoms with Gasteiger partial charge in [0.2, 0.25) is 6.41 Å². The molecule has 0 aromatic rings. The first-order chi connectivity index (χ1) is 9.26. The summed E-state index contributed by atoms with van der Waals surface area (Å²) in [5.41, 5.74) is -0.506. The summed E-state index contributed by atoms with van der Waals surface area (Å²) >= 11 is 1.11. The van der Waals surface area contributed by atoms with Gasteiger partial charge >= 0.3 is 16.1 Å². The summed E-state index contributed by atoms with van der Waals surface area (Å²) in [7, 11) is -3.89. The van der Waals surface area contributed by atoms with Gasteiger partial charge in [-0.05, 0) is 0 Å². The number of carboxylic acid groups (broad SMARTS) is 1. The molecular formula is C9H10N2O7S2. The van der Waals surface area contributed by atoms with Gasteiger partial charge < -0.3 is 14.6 Å². The number of carbonyl (C=O) groups is 3. The minimum absolute atomic E-state index is 0.0276. The van der Waals surface area contributed by atoms with Crippen LogP contribution in [0.25, 0.3) is 0 Å². The van der Waals surface area contributed by atoms with Crippen LogP contribution in [0, 0.1) is 0 Å². The number of nitrogens with one attached hydrogen (secondary N) is 1. The fraction of sp³-hybridized carbons (Fsp3) is 0.444. The van der Waals surface area contributed by atoms with Gasteiger partial charge in [0.25, 0.3) is 5.91 Å². The number of nitrogens with zero attached hydrogens (tertiary/aromatic N) is 1. The predicted molar refractivity (Wildman–Crippen MR) is 66.7 cm³/mol. The molecule has 20 heavy (non-hydrogen) atoms. The molecule has 2 atom stereocenters. The maximum atomic E-state index is 11.8. The fourth-order valence-electron chi connectivity index (χ4n) is 1.93. The van der Waals surface area contributed by atoms with E-state index in [4.69, 9.17) is 5.11 Å². The summed E-state index contributed by atoms with van der Waals surface area (Å²) in [6.07, 6.45) is 1.14. The average Bonchev–Trinajstić information content (AvgIpc) is 2.33. The maximum Gasteiger partial charge on any atom is 0.356 e. The van der Waals surface area contributed by atoms with Gasteiger partial charge in [-0.3, -0.25) is 14.5 Å². The molecule has 0 aliphatic carbocycles. The lowest BCUT2D eigenvalue weighted by atomic mass is 10.1. The van der Waals surface area contributed by atoms with Crippen LogP contribution < -0.4 is 5.32 Å². The highest BCUT2D eigenvalue weighted by Crippen LogP contribution is 2.40. The summed E-state index contributed by atoms with van der Waals surface area (Å²) in [6.45, 7) is 0. The van der Waals surface area contributed by atoms with Gasteiger partial charge in [-0.25, -0.2) is 4.79 Å². The molecular weight excluding hydrogens is 312 g/mol. The van der Waals surface area contributed by atoms with Crippen molar-refractivity contribution in [2.24, 2.45) is 0 Å². The molecule has 0 unspecified atom stereocenters. The summed E-state index contributed by atoms with van der Waals surface area (Å²) < 4.78 is 26.8. The van der Waals surface area contributed by atoms with E-state index in [1.54, 1.807) is 0 Å². The van der Waals surface area contributed by atoms with Gasteiger partial charge in [0.05, 0.1) is 12.0 Å². The third kappa shape index (κ3) is 2.45. The van der Waals surface area contributed by atoms with Crippen molar-refractivity contribution in [1.29, 1.82) is 0 Å². The molecule has 0 saturated carbocycles. The zero-order valence-electron chi connectivity index (χ0n) is 10.1. The van der Waals surface area contributed by atoms with Crippen molar-refractivity contribution in [1.82, 2.24) is 10.2 Å². The van der Waals surface area contributed by atoms with Gasteiger partial charge in [-0.15, -0.1) is 11.8 Å². The van der Waals surface area contributed by atoms with Crippen LogP contribution in [0.2, 0.25) is 0 Å². The highest BCUT2D eigenvalue weighted by Gasteiger charge is 2.54. The van der Waals surface area contributed by atoms with E-state index in [9.17, 15) is 22.8 Å². The Hall–Kier alpha value is -1.75. The molecule has 0 spiro atoms. The second-order valence-electron chi connectivity index (χ2n) is 4.04. The van der Waals surface area contributed by atoms with Crippen LogP contribution in [0.15, 0.2) is 11.5 Å². The monoisotopic (exact) mass is 322 g/mol. The standard InChI is InChI=1S/C9H10N2O7S2/c1-20(16,17)18-4-2-19-8-5(10-3-12)7(13)11(8)6(4)9(14)15/h3,5,8H,2H2,1H3,(H,10,12)(H,14,15)/t5-,8+/m1/s1. The number of thioether (sulfide) groups is 1. The van der Waals surface area contributed by atoms with Crippen LogP contribution in [-0.4, -0.2) is 60.1 Å². The number of carbonyl (C=O) groups excluding carboxylic acids is 2. The van der Waals surface area contributed by atoms with E-state index in [2.05, 4.69) is 9.50 Å². The minimum Gasteiger partial charge on any atom is -0.476 e. The highest BCUT2D eigenvalue weighted by molar-refractivity contribution is 8.00. The van der Waals surface area contributed by atoms with Crippen molar-refractivity contribution in [3.63, 3.8) is 0 Å². The Morgan fingerprint density at radius 3 is 2.75 bits per heavy atom. The SMILES string of the molecule is CS(=O)(=O)OC1=C(C(=O)O)N2C(=O)[C@@H](NC=O)[C@@H]2SC1. The number of carboxylic acids is 1. The van der Waals surface area contributed by atoms with E-state index in [0.717, 1.165) is 22.9 Å². The zero-order chi connectivity index (χ0) is 15.1. The number of amides is 2. The van der Waals surface area contributed by atoms with E-state index in [1.165, 1.54) is 0 Å². The Balaban J connectivity index is 2.35. The minimum atomic E-state index is -3.89. The summed E-state index contributed by atoms with van der Waals surface area (Å²) in [5, 5.41) is 10.8. The number of rotatable bonds is 5. The predicted octanol–water partition coefficient (Wildman–Crippen LogP) is -1.71. The van der Waals surface area contributed by atoms with E-state index in [0.29, 0.717) is 6.41 Å². The second kappa shape index (κ2) is 4.98. The molecule has 0 aromatic heterocycles. The van der Waals surface area contributed by atoms with Crippen molar-refractivity contribution in [2.75, 3.05) is 12.0 Å². The molecule has 1 saturated heterocycles. The Bertz CT molecular complexity index is 612. The highest BCUT2D eigenvalue weighted by atomic mass is 32.2. The Labute approximate surface area is 118 Å². The summed E-state index contributed by atoms with van der Waals surface area (Å²) in [5.74, 6) is -2.42. The lowest BCUT2D eigenvalue weighted by molar-refractivity contribution is -0.150. The normalized spacial score (nSPS) is 25.6. The quantitative estimate of drug-likeness (QED) is 0.347. The zero-order valence-corrected chi connectivity index (χ0v) is 11.7. The van der Waals surface area contributed by atoms with Crippen molar-refractivity contribution < 1.29 is 32.1 Å². The van der Waals surface area contributed by atoms with Crippen LogP contribution in [0.4, 0.5) is 0 Å². The van der Waals surface area contributed by atoms with Crippen molar-refractivity contribution >= 4 is 40.2 Å². The van der Waals surface area contributed by atoms with Crippen LogP contribution in [0.1, 0.15) is 0 Å². The van der Waals surface area contributed by atoms with Gasteiger partial charge in [0.15, 0.2) is 11.5 Å². The topological polar surface area (TPSA) is 130 Å². The molecule has 2 rings (SSSR count). The molecule has 1 fully saturated rings. The van der Waals surface area contributed by atoms with Crippen LogP contribution in [-0.2, 0) is 28.7 Å².